The molecule has 0 spiro atoms. The fraction of sp³-hybridized carbons (Fsp3) is 0.480. The van der Waals surface area contributed by atoms with Crippen LogP contribution in [0.25, 0.3) is 0 Å². The van der Waals surface area contributed by atoms with Crippen molar-refractivity contribution in [2.75, 3.05) is 19.7 Å². The van der Waals surface area contributed by atoms with Gasteiger partial charge >= 0.3 is 0 Å². The van der Waals surface area contributed by atoms with E-state index in [9.17, 15) is 9.18 Å². The van der Waals surface area contributed by atoms with Crippen LogP contribution in [0.3, 0.4) is 0 Å². The maximum absolute atomic E-state index is 13.2. The third-order valence-electron chi connectivity index (χ3n) is 5.78. The van der Waals surface area contributed by atoms with Crippen LogP contribution in [0.4, 0.5) is 4.39 Å². The largest absolute Gasteiger partial charge is 0.483 e. The number of ether oxygens (including phenoxy) is 1. The van der Waals surface area contributed by atoms with Gasteiger partial charge in [-0.2, -0.15) is 0 Å². The van der Waals surface area contributed by atoms with Crippen LogP contribution < -0.4 is 4.74 Å². The first-order valence-corrected chi connectivity index (χ1v) is 10.7. The van der Waals surface area contributed by atoms with Crippen molar-refractivity contribution in [2.24, 2.45) is 0 Å². The summed E-state index contributed by atoms with van der Waals surface area (Å²) >= 11 is 0. The zero-order valence-corrected chi connectivity index (χ0v) is 18.7. The fourth-order valence-electron chi connectivity index (χ4n) is 4.02. The van der Waals surface area contributed by atoms with Crippen molar-refractivity contribution in [2.45, 2.75) is 58.7 Å². The maximum atomic E-state index is 13.2. The minimum absolute atomic E-state index is 0.0134. The van der Waals surface area contributed by atoms with E-state index < -0.39 is 0 Å². The van der Waals surface area contributed by atoms with Gasteiger partial charge in [0.05, 0.1) is 0 Å². The normalized spacial score (nSPS) is 20.3. The molecule has 1 amide bonds. The number of piperazine rings is 1. The smallest absolute Gasteiger partial charge is 0.260 e. The predicted octanol–water partition coefficient (Wildman–Crippen LogP) is 4.62. The maximum Gasteiger partial charge on any atom is 0.260 e. The standard InChI is InChI=1S/C25H33FN2O2/c1-18-15-28(19(2)14-27(18)16-20-10-12-21(26)13-11-20)24(29)17-30-23-9-7-6-8-22(23)25(3,4)5/h6-13,18-19H,14-17H2,1-5H3/t18-,19+/m1/s1. The molecule has 0 saturated carbocycles. The van der Waals surface area contributed by atoms with Crippen molar-refractivity contribution in [1.82, 2.24) is 9.80 Å². The summed E-state index contributed by atoms with van der Waals surface area (Å²) in [5.41, 5.74) is 2.13. The number of halogens is 1. The number of benzene rings is 2. The number of carbonyl (C=O) groups is 1. The van der Waals surface area contributed by atoms with E-state index in [2.05, 4.69) is 45.6 Å². The summed E-state index contributed by atoms with van der Waals surface area (Å²) in [5, 5.41) is 0. The Hall–Kier alpha value is -2.40. The molecule has 0 bridgehead atoms. The molecule has 1 aliphatic heterocycles. The highest BCUT2D eigenvalue weighted by Gasteiger charge is 2.32. The Morgan fingerprint density at radius 3 is 2.37 bits per heavy atom. The highest BCUT2D eigenvalue weighted by Crippen LogP contribution is 2.31. The number of para-hydroxylation sites is 1. The summed E-state index contributed by atoms with van der Waals surface area (Å²) in [7, 11) is 0. The van der Waals surface area contributed by atoms with Gasteiger partial charge in [-0.15, -0.1) is 0 Å². The molecule has 162 valence electrons. The third-order valence-corrected chi connectivity index (χ3v) is 5.78. The van der Waals surface area contributed by atoms with Gasteiger partial charge in [0.1, 0.15) is 11.6 Å². The molecule has 1 fully saturated rings. The first-order valence-electron chi connectivity index (χ1n) is 10.7. The predicted molar refractivity (Wildman–Crippen MR) is 118 cm³/mol. The molecule has 0 N–H and O–H groups in total. The summed E-state index contributed by atoms with van der Waals surface area (Å²) in [5.74, 6) is 0.567. The minimum Gasteiger partial charge on any atom is -0.483 e. The first kappa shape index (κ1) is 22.3. The molecular formula is C25H33FN2O2. The lowest BCUT2D eigenvalue weighted by Crippen LogP contribution is -2.58. The molecule has 2 aromatic carbocycles. The minimum atomic E-state index is -0.219. The SMILES string of the molecule is C[C@@H]1CN(C(=O)COc2ccccc2C(C)(C)C)[C@@H](C)CN1Cc1ccc(F)cc1. The topological polar surface area (TPSA) is 32.8 Å². The number of hydrogen-bond acceptors (Lipinski definition) is 3. The average Bonchev–Trinajstić information content (AvgIpc) is 2.70. The third kappa shape index (κ3) is 5.39. The molecule has 0 aliphatic carbocycles. The van der Waals surface area contributed by atoms with Gasteiger partial charge in [-0.25, -0.2) is 4.39 Å². The van der Waals surface area contributed by atoms with Crippen molar-refractivity contribution >= 4 is 5.91 Å². The average molecular weight is 413 g/mol. The summed E-state index contributed by atoms with van der Waals surface area (Å²) in [4.78, 5) is 17.2. The first-order chi connectivity index (χ1) is 14.1. The van der Waals surface area contributed by atoms with Gasteiger partial charge in [-0.3, -0.25) is 9.69 Å². The second kappa shape index (κ2) is 9.17. The van der Waals surface area contributed by atoms with Crippen LogP contribution in [0.1, 0.15) is 45.7 Å². The van der Waals surface area contributed by atoms with E-state index in [0.717, 1.165) is 30.0 Å². The zero-order chi connectivity index (χ0) is 21.9. The number of carbonyl (C=O) groups excluding carboxylic acids is 1. The van der Waals surface area contributed by atoms with E-state index in [-0.39, 0.29) is 35.8 Å². The van der Waals surface area contributed by atoms with Gasteiger partial charge in [0.15, 0.2) is 6.61 Å². The molecule has 30 heavy (non-hydrogen) atoms. The van der Waals surface area contributed by atoms with Crippen LogP contribution in [-0.2, 0) is 16.8 Å². The van der Waals surface area contributed by atoms with Crippen molar-refractivity contribution in [3.63, 3.8) is 0 Å². The van der Waals surface area contributed by atoms with Crippen LogP contribution in [0, 0.1) is 5.82 Å². The highest BCUT2D eigenvalue weighted by atomic mass is 19.1. The van der Waals surface area contributed by atoms with Crippen molar-refractivity contribution in [3.8, 4) is 5.75 Å². The highest BCUT2D eigenvalue weighted by molar-refractivity contribution is 5.78. The van der Waals surface area contributed by atoms with E-state index in [4.69, 9.17) is 4.74 Å². The Morgan fingerprint density at radius 2 is 1.70 bits per heavy atom. The molecule has 4 nitrogen and oxygen atoms in total. The quantitative estimate of drug-likeness (QED) is 0.718. The molecule has 0 unspecified atom stereocenters. The number of hydrogen-bond donors (Lipinski definition) is 0. The molecule has 2 aromatic rings. The van der Waals surface area contributed by atoms with Crippen LogP contribution in [0.15, 0.2) is 48.5 Å². The van der Waals surface area contributed by atoms with Gasteiger partial charge in [0, 0.05) is 31.7 Å². The molecule has 5 heteroatoms. The van der Waals surface area contributed by atoms with Gasteiger partial charge in [-0.1, -0.05) is 51.1 Å². The molecule has 1 heterocycles. The molecule has 1 aliphatic rings. The van der Waals surface area contributed by atoms with Crippen LogP contribution >= 0.6 is 0 Å². The molecule has 3 rings (SSSR count). The second-order valence-electron chi connectivity index (χ2n) is 9.33. The number of nitrogens with zero attached hydrogens (tertiary/aromatic N) is 2. The monoisotopic (exact) mass is 412 g/mol. The van der Waals surface area contributed by atoms with Crippen molar-refractivity contribution < 1.29 is 13.9 Å². The van der Waals surface area contributed by atoms with Crippen molar-refractivity contribution in [3.05, 3.63) is 65.5 Å². The van der Waals surface area contributed by atoms with Crippen LogP contribution in [-0.4, -0.2) is 47.5 Å². The van der Waals surface area contributed by atoms with Gasteiger partial charge in [-0.05, 0) is 48.6 Å². The Balaban J connectivity index is 1.60. The van der Waals surface area contributed by atoms with E-state index in [1.165, 1.54) is 12.1 Å². The Morgan fingerprint density at radius 1 is 1.03 bits per heavy atom. The zero-order valence-electron chi connectivity index (χ0n) is 18.7. The Bertz CT molecular complexity index is 860. The van der Waals surface area contributed by atoms with E-state index in [0.29, 0.717) is 6.54 Å². The van der Waals surface area contributed by atoms with Gasteiger partial charge in [0.2, 0.25) is 0 Å². The summed E-state index contributed by atoms with van der Waals surface area (Å²) in [6.07, 6.45) is 0. The molecular weight excluding hydrogens is 379 g/mol. The van der Waals surface area contributed by atoms with Crippen LogP contribution in [0.5, 0.6) is 5.75 Å². The summed E-state index contributed by atoms with van der Waals surface area (Å²) in [6, 6.07) is 14.9. The fourth-order valence-corrected chi connectivity index (χ4v) is 4.02. The van der Waals surface area contributed by atoms with E-state index >= 15 is 0 Å². The molecule has 2 atom stereocenters. The molecule has 1 saturated heterocycles. The molecule has 0 radical (unpaired) electrons. The van der Waals surface area contributed by atoms with Crippen molar-refractivity contribution in [1.29, 1.82) is 0 Å². The Kier molecular flexibility index (Phi) is 6.81. The molecule has 0 aromatic heterocycles. The number of amides is 1. The summed E-state index contributed by atoms with van der Waals surface area (Å²) < 4.78 is 19.1. The van der Waals surface area contributed by atoms with Gasteiger partial charge in [0.25, 0.3) is 5.91 Å². The van der Waals surface area contributed by atoms with Crippen LogP contribution in [0.2, 0.25) is 0 Å². The number of rotatable bonds is 5. The Labute approximate surface area is 179 Å². The lowest BCUT2D eigenvalue weighted by molar-refractivity contribution is -0.139. The van der Waals surface area contributed by atoms with E-state index in [1.807, 2.05) is 35.2 Å². The summed E-state index contributed by atoms with van der Waals surface area (Å²) in [6.45, 7) is 12.9. The lowest BCUT2D eigenvalue weighted by atomic mass is 9.86. The van der Waals surface area contributed by atoms with E-state index in [1.54, 1.807) is 0 Å². The second-order valence-corrected chi connectivity index (χ2v) is 9.33. The lowest BCUT2D eigenvalue weighted by Gasteiger charge is -2.44. The van der Waals surface area contributed by atoms with Gasteiger partial charge < -0.3 is 9.64 Å².